The molecule has 0 aromatic carbocycles. The number of carbonyl (C=O) groups excluding carboxylic acids is 1. The lowest BCUT2D eigenvalue weighted by Crippen LogP contribution is -2.29. The molecular formula is C8H17NO2. The van der Waals surface area contributed by atoms with Gasteiger partial charge in [0.05, 0.1) is 5.92 Å². The molecule has 0 aromatic rings. The lowest BCUT2D eigenvalue weighted by atomic mass is 10.2. The summed E-state index contributed by atoms with van der Waals surface area (Å²) in [5.74, 6) is -0.161. The van der Waals surface area contributed by atoms with E-state index in [9.17, 15) is 4.79 Å². The van der Waals surface area contributed by atoms with Crippen LogP contribution in [0, 0.1) is 5.92 Å². The van der Waals surface area contributed by atoms with E-state index in [1.54, 1.807) is 0 Å². The summed E-state index contributed by atoms with van der Waals surface area (Å²) in [5, 5.41) is 2.98. The maximum absolute atomic E-state index is 10.9. The van der Waals surface area contributed by atoms with Gasteiger partial charge in [-0.2, -0.15) is 0 Å². The maximum atomic E-state index is 10.9. The summed E-state index contributed by atoms with van der Waals surface area (Å²) in [6.07, 6.45) is 0. The fourth-order valence-electron chi connectivity index (χ4n) is 0.457. The quantitative estimate of drug-likeness (QED) is 0.616. The summed E-state index contributed by atoms with van der Waals surface area (Å²) in [6.45, 7) is 6.07. The highest BCUT2D eigenvalue weighted by atomic mass is 16.5. The van der Waals surface area contributed by atoms with Gasteiger partial charge in [-0.1, -0.05) is 13.8 Å². The van der Waals surface area contributed by atoms with E-state index in [0.29, 0.717) is 6.61 Å². The van der Waals surface area contributed by atoms with E-state index in [2.05, 4.69) is 5.32 Å². The zero-order valence-corrected chi connectivity index (χ0v) is 7.68. The first-order valence-electron chi connectivity index (χ1n) is 3.91. The van der Waals surface area contributed by atoms with Crippen molar-refractivity contribution in [3.05, 3.63) is 0 Å². The van der Waals surface area contributed by atoms with Crippen LogP contribution in [0.4, 0.5) is 0 Å². The predicted molar refractivity (Wildman–Crippen MR) is 44.3 cm³/mol. The molecule has 0 aliphatic heterocycles. The third kappa shape index (κ3) is 4.79. The Bertz CT molecular complexity index is 123. The zero-order chi connectivity index (χ0) is 8.85. The van der Waals surface area contributed by atoms with Crippen LogP contribution in [0.2, 0.25) is 0 Å². The molecule has 0 unspecified atom stereocenters. The molecule has 0 spiro atoms. The smallest absolute Gasteiger partial charge is 0.308 e. The second-order valence-electron chi connectivity index (χ2n) is 2.97. The lowest BCUT2D eigenvalue weighted by Gasteiger charge is -2.11. The maximum Gasteiger partial charge on any atom is 0.308 e. The Labute approximate surface area is 68.1 Å². The number of nitrogens with one attached hydrogen (secondary N) is 1. The van der Waals surface area contributed by atoms with Crippen molar-refractivity contribution in [3.63, 3.8) is 0 Å². The number of esters is 1. The summed E-state index contributed by atoms with van der Waals surface area (Å²) < 4.78 is 4.95. The summed E-state index contributed by atoms with van der Waals surface area (Å²) in [6, 6.07) is 0.234. The van der Waals surface area contributed by atoms with Gasteiger partial charge in [-0.3, -0.25) is 4.79 Å². The molecule has 1 N–H and O–H groups in total. The van der Waals surface area contributed by atoms with Gasteiger partial charge >= 0.3 is 5.97 Å². The minimum absolute atomic E-state index is 0.0287. The molecule has 0 rings (SSSR count). The van der Waals surface area contributed by atoms with E-state index >= 15 is 0 Å². The number of rotatable bonds is 4. The molecular weight excluding hydrogens is 142 g/mol. The molecule has 0 aliphatic rings. The first-order valence-corrected chi connectivity index (χ1v) is 3.91. The van der Waals surface area contributed by atoms with Gasteiger partial charge in [0, 0.05) is 6.04 Å². The summed E-state index contributed by atoms with van der Waals surface area (Å²) in [7, 11) is 1.84. The van der Waals surface area contributed by atoms with E-state index in [0.717, 1.165) is 0 Å². The van der Waals surface area contributed by atoms with Crippen molar-refractivity contribution in [2.75, 3.05) is 13.7 Å². The monoisotopic (exact) mass is 159 g/mol. The van der Waals surface area contributed by atoms with Crippen LogP contribution in [-0.2, 0) is 9.53 Å². The number of likely N-dealkylation sites (N-methyl/N-ethyl adjacent to an activating group) is 1. The van der Waals surface area contributed by atoms with Crippen molar-refractivity contribution in [2.24, 2.45) is 5.92 Å². The van der Waals surface area contributed by atoms with E-state index in [1.807, 2.05) is 27.8 Å². The van der Waals surface area contributed by atoms with Crippen LogP contribution in [0.3, 0.4) is 0 Å². The minimum atomic E-state index is -0.132. The summed E-state index contributed by atoms with van der Waals surface area (Å²) in [4.78, 5) is 10.9. The number of carbonyl (C=O) groups is 1. The second kappa shape index (κ2) is 5.13. The van der Waals surface area contributed by atoms with Gasteiger partial charge in [0.15, 0.2) is 0 Å². The standard InChI is InChI=1S/C8H17NO2/c1-6(2)8(10)11-5-7(3)9-4/h6-7,9H,5H2,1-4H3/t7-/m0/s1. The van der Waals surface area contributed by atoms with Crippen LogP contribution >= 0.6 is 0 Å². The molecule has 3 heteroatoms. The fraction of sp³-hybridized carbons (Fsp3) is 0.875. The third-order valence-electron chi connectivity index (χ3n) is 1.44. The first-order chi connectivity index (χ1) is 5.07. The Hall–Kier alpha value is -0.570. The van der Waals surface area contributed by atoms with Crippen molar-refractivity contribution in [3.8, 4) is 0 Å². The molecule has 11 heavy (non-hydrogen) atoms. The molecule has 0 aromatic heterocycles. The number of hydrogen-bond acceptors (Lipinski definition) is 3. The van der Waals surface area contributed by atoms with Crippen LogP contribution in [0.15, 0.2) is 0 Å². The molecule has 66 valence electrons. The van der Waals surface area contributed by atoms with Crippen LogP contribution in [0.1, 0.15) is 20.8 Å². The molecule has 0 amide bonds. The molecule has 0 saturated heterocycles. The largest absolute Gasteiger partial charge is 0.464 e. The zero-order valence-electron chi connectivity index (χ0n) is 7.68. The van der Waals surface area contributed by atoms with Crippen molar-refractivity contribution in [1.29, 1.82) is 0 Å². The van der Waals surface area contributed by atoms with Crippen molar-refractivity contribution >= 4 is 5.97 Å². The molecule has 0 heterocycles. The number of hydrogen-bond donors (Lipinski definition) is 1. The Balaban J connectivity index is 3.46. The normalized spacial score (nSPS) is 13.2. The third-order valence-corrected chi connectivity index (χ3v) is 1.44. The van der Waals surface area contributed by atoms with Gasteiger partial charge in [0.2, 0.25) is 0 Å². The summed E-state index contributed by atoms with van der Waals surface area (Å²) in [5.41, 5.74) is 0. The van der Waals surface area contributed by atoms with Gasteiger partial charge in [0.1, 0.15) is 6.61 Å². The van der Waals surface area contributed by atoms with Crippen molar-refractivity contribution < 1.29 is 9.53 Å². The molecule has 0 fully saturated rings. The first kappa shape index (κ1) is 10.4. The highest BCUT2D eigenvalue weighted by molar-refractivity contribution is 5.71. The number of ether oxygens (including phenoxy) is 1. The van der Waals surface area contributed by atoms with Crippen LogP contribution in [-0.4, -0.2) is 25.7 Å². The Kier molecular flexibility index (Phi) is 4.86. The highest BCUT2D eigenvalue weighted by Gasteiger charge is 2.09. The summed E-state index contributed by atoms with van der Waals surface area (Å²) >= 11 is 0. The molecule has 0 saturated carbocycles. The van der Waals surface area contributed by atoms with Crippen LogP contribution in [0.5, 0.6) is 0 Å². The van der Waals surface area contributed by atoms with Crippen LogP contribution < -0.4 is 5.32 Å². The SMILES string of the molecule is CN[C@@H](C)COC(=O)C(C)C. The molecule has 0 radical (unpaired) electrons. The topological polar surface area (TPSA) is 38.3 Å². The van der Waals surface area contributed by atoms with E-state index in [1.165, 1.54) is 0 Å². The molecule has 1 atom stereocenters. The highest BCUT2D eigenvalue weighted by Crippen LogP contribution is 1.96. The predicted octanol–water partition coefficient (Wildman–Crippen LogP) is 0.793. The van der Waals surface area contributed by atoms with Gasteiger partial charge in [-0.15, -0.1) is 0 Å². The average Bonchev–Trinajstić information content (AvgIpc) is 1.99. The van der Waals surface area contributed by atoms with Gasteiger partial charge in [-0.05, 0) is 14.0 Å². The molecule has 0 aliphatic carbocycles. The van der Waals surface area contributed by atoms with Crippen LogP contribution in [0.25, 0.3) is 0 Å². The van der Waals surface area contributed by atoms with Crippen molar-refractivity contribution in [2.45, 2.75) is 26.8 Å². The lowest BCUT2D eigenvalue weighted by molar-refractivity contribution is -0.147. The average molecular weight is 159 g/mol. The fourth-order valence-corrected chi connectivity index (χ4v) is 0.457. The Morgan fingerprint density at radius 3 is 2.36 bits per heavy atom. The Morgan fingerprint density at radius 2 is 2.00 bits per heavy atom. The van der Waals surface area contributed by atoms with Crippen molar-refractivity contribution in [1.82, 2.24) is 5.32 Å². The van der Waals surface area contributed by atoms with E-state index in [-0.39, 0.29) is 17.9 Å². The van der Waals surface area contributed by atoms with E-state index in [4.69, 9.17) is 4.74 Å². The van der Waals surface area contributed by atoms with E-state index < -0.39 is 0 Å². The molecule has 3 nitrogen and oxygen atoms in total. The second-order valence-corrected chi connectivity index (χ2v) is 2.97. The molecule has 0 bridgehead atoms. The van der Waals surface area contributed by atoms with Gasteiger partial charge in [-0.25, -0.2) is 0 Å². The van der Waals surface area contributed by atoms with Gasteiger partial charge in [0.25, 0.3) is 0 Å². The minimum Gasteiger partial charge on any atom is -0.464 e. The Morgan fingerprint density at radius 1 is 1.45 bits per heavy atom. The van der Waals surface area contributed by atoms with Gasteiger partial charge < -0.3 is 10.1 Å².